The zero-order valence-electron chi connectivity index (χ0n) is 12.5. The van der Waals surface area contributed by atoms with Gasteiger partial charge in [0.2, 0.25) is 0 Å². The number of aliphatic carboxylic acids is 1. The molecule has 1 saturated carbocycles. The summed E-state index contributed by atoms with van der Waals surface area (Å²) in [6.45, 7) is 2.00. The Hall–Kier alpha value is -1.89. The molecule has 1 unspecified atom stereocenters. The summed E-state index contributed by atoms with van der Waals surface area (Å²) in [7, 11) is 0. The van der Waals surface area contributed by atoms with Crippen LogP contribution in [0.2, 0.25) is 0 Å². The van der Waals surface area contributed by atoms with Crippen molar-refractivity contribution in [2.45, 2.75) is 31.7 Å². The second-order valence-corrected chi connectivity index (χ2v) is 6.10. The Morgan fingerprint density at radius 3 is 2.64 bits per heavy atom. The van der Waals surface area contributed by atoms with E-state index in [2.05, 4.69) is 10.1 Å². The predicted molar refractivity (Wildman–Crippen MR) is 77.4 cm³/mol. The average molecular weight is 307 g/mol. The number of carboxylic acids is 1. The van der Waals surface area contributed by atoms with E-state index in [1.54, 1.807) is 4.90 Å². The first-order valence-electron chi connectivity index (χ1n) is 7.81. The van der Waals surface area contributed by atoms with Crippen molar-refractivity contribution >= 4 is 11.9 Å². The average Bonchev–Trinajstić information content (AvgIpc) is 3.16. The van der Waals surface area contributed by atoms with Crippen molar-refractivity contribution in [3.8, 4) is 0 Å². The van der Waals surface area contributed by atoms with Gasteiger partial charge in [-0.2, -0.15) is 0 Å². The third-order valence-corrected chi connectivity index (χ3v) is 4.69. The molecule has 1 aromatic heterocycles. The summed E-state index contributed by atoms with van der Waals surface area (Å²) in [5, 5.41) is 13.1. The van der Waals surface area contributed by atoms with Gasteiger partial charge in [-0.3, -0.25) is 14.5 Å². The molecule has 1 N–H and O–H groups in total. The number of nitrogens with zero attached hydrogens (tertiary/aromatic N) is 3. The Bertz CT molecular complexity index is 525. The van der Waals surface area contributed by atoms with Gasteiger partial charge in [0.15, 0.2) is 5.69 Å². The Morgan fingerprint density at radius 2 is 2.00 bits per heavy atom. The van der Waals surface area contributed by atoms with Gasteiger partial charge in [-0.1, -0.05) is 18.0 Å². The summed E-state index contributed by atoms with van der Waals surface area (Å²) in [6.07, 6.45) is 6.03. The van der Waals surface area contributed by atoms with Gasteiger partial charge in [-0.15, -0.1) is 0 Å². The lowest BCUT2D eigenvalue weighted by Crippen LogP contribution is -2.39. The number of carbonyl (C=O) groups is 2. The molecular formula is C15H21N3O4. The fraction of sp³-hybridized carbons (Fsp3) is 0.667. The van der Waals surface area contributed by atoms with Gasteiger partial charge in [-0.25, -0.2) is 0 Å². The minimum Gasteiger partial charge on any atom is -0.481 e. The Morgan fingerprint density at radius 1 is 1.23 bits per heavy atom. The number of aromatic nitrogens is 1. The maximum absolute atomic E-state index is 12.4. The lowest BCUT2D eigenvalue weighted by Gasteiger charge is -2.28. The zero-order valence-corrected chi connectivity index (χ0v) is 12.5. The molecular weight excluding hydrogens is 286 g/mol. The van der Waals surface area contributed by atoms with Crippen LogP contribution in [-0.4, -0.2) is 64.2 Å². The van der Waals surface area contributed by atoms with E-state index in [4.69, 9.17) is 4.52 Å². The minimum absolute atomic E-state index is 0.226. The quantitative estimate of drug-likeness (QED) is 0.899. The van der Waals surface area contributed by atoms with Crippen molar-refractivity contribution in [1.29, 1.82) is 0 Å². The largest absolute Gasteiger partial charge is 0.481 e. The molecule has 22 heavy (non-hydrogen) atoms. The summed E-state index contributed by atoms with van der Waals surface area (Å²) in [5.74, 6) is -1.66. The molecule has 0 aromatic carbocycles. The fourth-order valence-electron chi connectivity index (χ4n) is 3.47. The molecule has 1 aliphatic carbocycles. The van der Waals surface area contributed by atoms with E-state index in [0.29, 0.717) is 19.1 Å². The van der Waals surface area contributed by atoms with Gasteiger partial charge < -0.3 is 14.5 Å². The second kappa shape index (κ2) is 6.48. The number of rotatable bonds is 3. The van der Waals surface area contributed by atoms with Crippen LogP contribution < -0.4 is 0 Å². The fourth-order valence-corrected chi connectivity index (χ4v) is 3.47. The highest BCUT2D eigenvalue weighted by Gasteiger charge is 2.34. The van der Waals surface area contributed by atoms with Crippen molar-refractivity contribution in [3.63, 3.8) is 0 Å². The number of amides is 1. The Balaban J connectivity index is 1.73. The normalized spacial score (nSPS) is 24.4. The summed E-state index contributed by atoms with van der Waals surface area (Å²) in [4.78, 5) is 27.8. The van der Waals surface area contributed by atoms with Crippen LogP contribution in [0.25, 0.3) is 0 Å². The van der Waals surface area contributed by atoms with Crippen LogP contribution >= 0.6 is 0 Å². The molecule has 1 aliphatic heterocycles. The minimum atomic E-state index is -0.845. The molecule has 0 spiro atoms. The van der Waals surface area contributed by atoms with Crippen molar-refractivity contribution < 1.29 is 19.2 Å². The van der Waals surface area contributed by atoms with Crippen LogP contribution in [0.5, 0.6) is 0 Å². The van der Waals surface area contributed by atoms with Crippen LogP contribution in [0.15, 0.2) is 16.9 Å². The van der Waals surface area contributed by atoms with Crippen LogP contribution in [0.4, 0.5) is 0 Å². The lowest BCUT2D eigenvalue weighted by molar-refractivity contribution is -0.142. The highest BCUT2D eigenvalue weighted by atomic mass is 16.5. The smallest absolute Gasteiger partial charge is 0.309 e. The van der Waals surface area contributed by atoms with Gasteiger partial charge in [0.1, 0.15) is 6.26 Å². The summed E-state index contributed by atoms with van der Waals surface area (Å²) in [5.41, 5.74) is 0.235. The molecule has 1 aromatic rings. The van der Waals surface area contributed by atoms with Crippen LogP contribution in [0, 0.1) is 5.92 Å². The van der Waals surface area contributed by atoms with Crippen LogP contribution in [0.3, 0.4) is 0 Å². The Labute approximate surface area is 128 Å². The second-order valence-electron chi connectivity index (χ2n) is 6.10. The number of carbonyl (C=O) groups excluding carboxylic acids is 1. The van der Waals surface area contributed by atoms with Gasteiger partial charge in [-0.05, 0) is 12.8 Å². The van der Waals surface area contributed by atoms with Gasteiger partial charge >= 0.3 is 5.97 Å². The van der Waals surface area contributed by atoms with Crippen molar-refractivity contribution in [2.24, 2.45) is 5.92 Å². The maximum atomic E-state index is 12.4. The molecule has 1 saturated heterocycles. The SMILES string of the molecule is O=C(O)C1CN(C(=O)c2ccon2)CCN(C2CCCC2)C1. The molecule has 1 atom stereocenters. The van der Waals surface area contributed by atoms with Gasteiger partial charge in [0, 0.05) is 38.3 Å². The molecule has 7 heteroatoms. The van der Waals surface area contributed by atoms with Crippen molar-refractivity contribution in [1.82, 2.24) is 15.0 Å². The molecule has 0 bridgehead atoms. The molecule has 3 rings (SSSR count). The first-order chi connectivity index (χ1) is 10.6. The Kier molecular flexibility index (Phi) is 4.42. The third kappa shape index (κ3) is 3.14. The van der Waals surface area contributed by atoms with Crippen molar-refractivity contribution in [2.75, 3.05) is 26.2 Å². The van der Waals surface area contributed by atoms with Gasteiger partial charge in [0.25, 0.3) is 5.91 Å². The van der Waals surface area contributed by atoms with E-state index in [1.807, 2.05) is 0 Å². The predicted octanol–water partition coefficient (Wildman–Crippen LogP) is 1.08. The van der Waals surface area contributed by atoms with E-state index in [1.165, 1.54) is 25.2 Å². The number of carboxylic acid groups (broad SMARTS) is 1. The van der Waals surface area contributed by atoms with Gasteiger partial charge in [0.05, 0.1) is 5.92 Å². The summed E-state index contributed by atoms with van der Waals surface area (Å²) >= 11 is 0. The van der Waals surface area contributed by atoms with E-state index >= 15 is 0 Å². The van der Waals surface area contributed by atoms with E-state index in [9.17, 15) is 14.7 Å². The zero-order chi connectivity index (χ0) is 15.5. The molecule has 1 amide bonds. The number of hydrogen-bond donors (Lipinski definition) is 1. The first kappa shape index (κ1) is 15.0. The molecule has 2 heterocycles. The molecule has 120 valence electrons. The molecule has 0 radical (unpaired) electrons. The van der Waals surface area contributed by atoms with E-state index < -0.39 is 11.9 Å². The lowest BCUT2D eigenvalue weighted by atomic mass is 10.1. The van der Waals surface area contributed by atoms with Crippen molar-refractivity contribution in [3.05, 3.63) is 18.0 Å². The first-order valence-corrected chi connectivity index (χ1v) is 7.81. The van der Waals surface area contributed by atoms with Crippen LogP contribution in [-0.2, 0) is 4.79 Å². The standard InChI is InChI=1S/C15H21N3O4/c19-14(13-5-8-22-16-13)18-7-6-17(12-3-1-2-4-12)9-11(10-18)15(20)21/h5,8,11-12H,1-4,6-7,9-10H2,(H,20,21). The van der Waals surface area contributed by atoms with Crippen LogP contribution in [0.1, 0.15) is 36.2 Å². The molecule has 7 nitrogen and oxygen atoms in total. The molecule has 2 aliphatic rings. The maximum Gasteiger partial charge on any atom is 0.309 e. The summed E-state index contributed by atoms with van der Waals surface area (Å²) < 4.78 is 4.71. The topological polar surface area (TPSA) is 86.9 Å². The highest BCUT2D eigenvalue weighted by Crippen LogP contribution is 2.25. The van der Waals surface area contributed by atoms with E-state index in [-0.39, 0.29) is 18.1 Å². The monoisotopic (exact) mass is 307 g/mol. The van der Waals surface area contributed by atoms with E-state index in [0.717, 1.165) is 19.4 Å². The number of hydrogen-bond acceptors (Lipinski definition) is 5. The summed E-state index contributed by atoms with van der Waals surface area (Å²) in [6, 6.07) is 1.97. The highest BCUT2D eigenvalue weighted by molar-refractivity contribution is 5.92. The third-order valence-electron chi connectivity index (χ3n) is 4.69. The molecule has 2 fully saturated rings.